The summed E-state index contributed by atoms with van der Waals surface area (Å²) in [6.45, 7) is 29.8. The smallest absolute Gasteiger partial charge is 0.408 e. The minimum atomic E-state index is -0.972. The highest BCUT2D eigenvalue weighted by molar-refractivity contribution is 5.91. The number of esters is 3. The highest BCUT2D eigenvalue weighted by atomic mass is 35.5. The SMILES string of the molecule is CC(C)(C)OC(=O)N[C@@H](CCCN/C(N)=N\[N+](=O)[O-])C(N)=O.CCOC(=O)C1CC(C)CCN1.CCOC(=O)[C@@H]1C[C@@H](C)CCN1C(=O)[C@H](CCCN/C(N)=N\[N+](=O)[O-])NC(=O)OC(C)(C)C.CCOC(=O)[C@H]1C[C@H](C)CCN1C(=O)[C@H](CCCN/C(N)=N\[N+](=O)[O-])NC(=O)OC(C)(C)C.Cl. The van der Waals surface area contributed by atoms with Gasteiger partial charge in [0.15, 0.2) is 15.1 Å². The summed E-state index contributed by atoms with van der Waals surface area (Å²) in [5.41, 5.74) is 19.0. The first kappa shape index (κ1) is 93.9. The van der Waals surface area contributed by atoms with Crippen molar-refractivity contribution < 1.29 is 86.7 Å². The van der Waals surface area contributed by atoms with Gasteiger partial charge in [-0.15, -0.1) is 12.4 Å². The van der Waals surface area contributed by atoms with Crippen molar-refractivity contribution in [2.75, 3.05) is 59.1 Å². The summed E-state index contributed by atoms with van der Waals surface area (Å²) in [6.07, 6.45) is 3.78. The first-order valence-electron chi connectivity index (χ1n) is 33.2. The topological polar surface area (TPSA) is 570 Å². The lowest BCUT2D eigenvalue weighted by atomic mass is 9.91. The van der Waals surface area contributed by atoms with E-state index in [4.69, 9.17) is 51.4 Å². The quantitative estimate of drug-likeness (QED) is 0.0107. The average molecular weight is 1470 g/mol. The number of ether oxygens (including phenoxy) is 6. The van der Waals surface area contributed by atoms with Crippen molar-refractivity contribution >= 4 is 84.2 Å². The van der Waals surface area contributed by atoms with E-state index in [2.05, 4.69) is 59.4 Å². The van der Waals surface area contributed by atoms with Gasteiger partial charge in [-0.25, -0.2) is 54.3 Å². The van der Waals surface area contributed by atoms with Crippen LogP contribution in [-0.2, 0) is 57.2 Å². The Balaban J connectivity index is 0. The number of nitro groups is 3. The third kappa shape index (κ3) is 43.9. The fourth-order valence-corrected chi connectivity index (χ4v) is 9.75. The zero-order valence-electron chi connectivity index (χ0n) is 60.9. The van der Waals surface area contributed by atoms with Crippen LogP contribution in [0.25, 0.3) is 0 Å². The van der Waals surface area contributed by atoms with Crippen LogP contribution in [-0.4, -0.2) is 209 Å². The number of nitrogens with two attached hydrogens (primary N) is 4. The van der Waals surface area contributed by atoms with Crippen molar-refractivity contribution in [2.24, 2.45) is 56.0 Å². The summed E-state index contributed by atoms with van der Waals surface area (Å²) < 4.78 is 30.8. The summed E-state index contributed by atoms with van der Waals surface area (Å²) in [7, 11) is 0. The van der Waals surface area contributed by atoms with Crippen LogP contribution in [0.5, 0.6) is 0 Å². The summed E-state index contributed by atoms with van der Waals surface area (Å²) in [4.78, 5) is 144. The Labute approximate surface area is 595 Å². The maximum atomic E-state index is 13.4. The molecule has 101 heavy (non-hydrogen) atoms. The normalized spacial score (nSPS) is 19.4. The number of piperidine rings is 3. The van der Waals surface area contributed by atoms with Crippen molar-refractivity contribution in [3.63, 3.8) is 0 Å². The molecule has 0 saturated carbocycles. The molecule has 3 fully saturated rings. The van der Waals surface area contributed by atoms with E-state index < -0.39 is 110 Å². The number of halogens is 1. The number of nitrogens with one attached hydrogen (secondary N) is 7. The molecule has 40 nitrogen and oxygen atoms in total. The molecule has 0 radical (unpaired) electrons. The molecule has 0 aromatic rings. The second-order valence-electron chi connectivity index (χ2n) is 26.6. The molecule has 0 bridgehead atoms. The lowest BCUT2D eigenvalue weighted by Gasteiger charge is -2.38. The minimum Gasteiger partial charge on any atom is -0.465 e. The predicted octanol–water partition coefficient (Wildman–Crippen LogP) is 2.49. The fourth-order valence-electron chi connectivity index (χ4n) is 9.75. The van der Waals surface area contributed by atoms with Crippen molar-refractivity contribution in [1.82, 2.24) is 47.0 Å². The van der Waals surface area contributed by atoms with Gasteiger partial charge in [0.05, 0.1) is 19.8 Å². The number of likely N-dealkylation sites (tertiary alicyclic amines) is 2. The Morgan fingerprint density at radius 3 is 1.08 bits per heavy atom. The summed E-state index contributed by atoms with van der Waals surface area (Å²) in [5, 5.41) is 55.0. The zero-order chi connectivity index (χ0) is 76.7. The van der Waals surface area contributed by atoms with E-state index in [1.807, 2.05) is 20.8 Å². The Hall–Kier alpha value is -9.11. The van der Waals surface area contributed by atoms with E-state index >= 15 is 0 Å². The minimum absolute atomic E-state index is 0. The molecule has 41 heteroatoms. The number of carbonyl (C=O) groups excluding carboxylic acids is 9. The van der Waals surface area contributed by atoms with Crippen LogP contribution in [0.4, 0.5) is 14.4 Å². The molecular formula is C60H112ClN19O21. The van der Waals surface area contributed by atoms with Gasteiger partial charge in [-0.05, 0) is 184 Å². The van der Waals surface area contributed by atoms with Gasteiger partial charge >= 0.3 is 36.2 Å². The molecule has 3 heterocycles. The van der Waals surface area contributed by atoms with E-state index in [1.54, 1.807) is 76.2 Å². The number of nitrogens with zero attached hydrogens (tertiary/aromatic N) is 8. The van der Waals surface area contributed by atoms with Crippen LogP contribution < -0.4 is 60.2 Å². The van der Waals surface area contributed by atoms with E-state index in [0.29, 0.717) is 57.7 Å². The molecule has 0 aromatic heterocycles. The lowest BCUT2D eigenvalue weighted by Crippen LogP contribution is -2.57. The Morgan fingerprint density at radius 2 is 0.792 bits per heavy atom. The Bertz CT molecular complexity index is 2640. The standard InChI is InChI=1S/2C20H36N6O7.C11H22N6O5.C9H17NO2.ClH/c2*1-6-32-17(28)15-12-13(2)9-11-25(15)16(27)14(23-19(29)33-20(3,4)5)8-7-10-22-18(21)24-26(30)31;1-11(2,3)22-10(19)15-7(8(12)18)5-4-6-14-9(13)16-17(20)21;1-3-12-9(11)8-6-7(2)4-5-10-8;/h2*13-15H,6-12H2,1-5H3,(H,23,29)(H3,21,22,24);7H,4-6H2,1-3H3,(H2,12,18)(H,15,19)(H3,13,14,16);7-8,10H,3-6H2,1-2H3;1H/t13-,14+,15-;13-,14-,15-;7-;;/m100../s1. The summed E-state index contributed by atoms with van der Waals surface area (Å²) in [5.74, 6) is -2.54. The maximum absolute atomic E-state index is 13.4. The molecule has 3 rings (SSSR count). The van der Waals surface area contributed by atoms with Crippen LogP contribution in [0.15, 0.2) is 15.3 Å². The molecule has 0 spiro atoms. The van der Waals surface area contributed by atoms with Gasteiger partial charge in [0.2, 0.25) is 17.7 Å². The predicted molar refractivity (Wildman–Crippen MR) is 371 cm³/mol. The number of rotatable bonds is 27. The highest BCUT2D eigenvalue weighted by Gasteiger charge is 2.41. The zero-order valence-corrected chi connectivity index (χ0v) is 61.7. The lowest BCUT2D eigenvalue weighted by molar-refractivity contribution is -0.485. The molecule has 9 atom stereocenters. The number of amides is 6. The molecule has 0 aromatic carbocycles. The largest absolute Gasteiger partial charge is 0.465 e. The molecule has 6 amide bonds. The van der Waals surface area contributed by atoms with Crippen molar-refractivity contribution in [2.45, 2.75) is 234 Å². The van der Waals surface area contributed by atoms with Gasteiger partial charge in [0.25, 0.3) is 17.9 Å². The third-order valence-electron chi connectivity index (χ3n) is 14.2. The average Bonchev–Trinajstić information content (AvgIpc) is 0.821. The summed E-state index contributed by atoms with van der Waals surface area (Å²) >= 11 is 0. The van der Waals surface area contributed by atoms with Crippen molar-refractivity contribution in [3.8, 4) is 0 Å². The number of alkyl carbamates (subject to hydrolysis) is 3. The monoisotopic (exact) mass is 1470 g/mol. The van der Waals surface area contributed by atoms with E-state index in [9.17, 15) is 73.5 Å². The number of guanidine groups is 3. The number of carbonyl (C=O) groups is 9. The molecule has 3 aliphatic heterocycles. The number of hydrogen-bond donors (Lipinski definition) is 11. The first-order chi connectivity index (χ1) is 46.4. The van der Waals surface area contributed by atoms with Crippen LogP contribution in [0.2, 0.25) is 0 Å². The molecule has 0 aliphatic carbocycles. The van der Waals surface area contributed by atoms with Gasteiger partial charge in [-0.3, -0.25) is 19.2 Å². The van der Waals surface area contributed by atoms with E-state index in [1.165, 1.54) is 9.80 Å². The maximum Gasteiger partial charge on any atom is 0.408 e. The third-order valence-corrected chi connectivity index (χ3v) is 14.2. The summed E-state index contributed by atoms with van der Waals surface area (Å²) in [6, 6.07) is -4.38. The Kier molecular flexibility index (Phi) is 44.5. The first-order valence-corrected chi connectivity index (χ1v) is 33.2. The van der Waals surface area contributed by atoms with Crippen LogP contribution in [0.3, 0.4) is 0 Å². The molecule has 15 N–H and O–H groups in total. The van der Waals surface area contributed by atoms with Crippen LogP contribution in [0, 0.1) is 48.1 Å². The van der Waals surface area contributed by atoms with E-state index in [-0.39, 0.29) is 106 Å². The fraction of sp³-hybridized carbons (Fsp3) is 0.800. The number of primary amides is 1. The van der Waals surface area contributed by atoms with Gasteiger partial charge in [-0.1, -0.05) is 20.8 Å². The second-order valence-corrected chi connectivity index (χ2v) is 26.6. The van der Waals surface area contributed by atoms with E-state index in [0.717, 1.165) is 32.2 Å². The molecular weight excluding hydrogens is 1360 g/mol. The van der Waals surface area contributed by atoms with Crippen LogP contribution >= 0.6 is 12.4 Å². The molecule has 2 unspecified atom stereocenters. The van der Waals surface area contributed by atoms with Crippen molar-refractivity contribution in [1.29, 1.82) is 0 Å². The number of hydrogen-bond acceptors (Lipinski definition) is 22. The van der Waals surface area contributed by atoms with Gasteiger partial charge < -0.3 is 98.4 Å². The molecule has 3 saturated heterocycles. The molecule has 580 valence electrons. The van der Waals surface area contributed by atoms with Gasteiger partial charge in [0.1, 0.15) is 68.4 Å². The Morgan fingerprint density at radius 1 is 0.495 bits per heavy atom. The van der Waals surface area contributed by atoms with Gasteiger partial charge in [0, 0.05) is 32.7 Å². The molecule has 3 aliphatic rings. The van der Waals surface area contributed by atoms with Crippen molar-refractivity contribution in [3.05, 3.63) is 30.3 Å². The second kappa shape index (κ2) is 47.8. The van der Waals surface area contributed by atoms with Gasteiger partial charge in [-0.2, -0.15) is 0 Å². The van der Waals surface area contributed by atoms with Crippen LogP contribution in [0.1, 0.15) is 181 Å². The highest BCUT2D eigenvalue weighted by Crippen LogP contribution is 2.27. The number of hydrazone groups is 3.